The predicted molar refractivity (Wildman–Crippen MR) is 237 cm³/mol. The Labute approximate surface area is 328 Å². The maximum absolute atomic E-state index is 4.85. The third-order valence-corrected chi connectivity index (χ3v) is 11.3. The van der Waals surface area contributed by atoms with E-state index < -0.39 is 0 Å². The van der Waals surface area contributed by atoms with Gasteiger partial charge in [0.25, 0.3) is 0 Å². The van der Waals surface area contributed by atoms with Gasteiger partial charge in [0.1, 0.15) is 0 Å². The van der Waals surface area contributed by atoms with Gasteiger partial charge in [-0.15, -0.1) is 0 Å². The van der Waals surface area contributed by atoms with Crippen molar-refractivity contribution in [3.63, 3.8) is 0 Å². The molecule has 0 bridgehead atoms. The van der Waals surface area contributed by atoms with Gasteiger partial charge in [0.15, 0.2) is 0 Å². The second-order valence-corrected chi connectivity index (χ2v) is 15.9. The number of nitrogens with zero attached hydrogens (tertiary/aromatic N) is 2. The number of benzene rings is 8. The Morgan fingerprint density at radius 1 is 0.339 bits per heavy atom. The number of aromatic nitrogens is 2. The number of hydrogen-bond acceptors (Lipinski definition) is 2. The lowest BCUT2D eigenvalue weighted by molar-refractivity contribution is 0.591. The van der Waals surface area contributed by atoms with Gasteiger partial charge in [-0.2, -0.15) is 0 Å². The highest BCUT2D eigenvalue weighted by atomic mass is 14.7. The summed E-state index contributed by atoms with van der Waals surface area (Å²) >= 11 is 0. The molecule has 10 aromatic rings. The molecule has 10 rings (SSSR count). The Morgan fingerprint density at radius 2 is 0.750 bits per heavy atom. The van der Waals surface area contributed by atoms with E-state index >= 15 is 0 Å². The van der Waals surface area contributed by atoms with Gasteiger partial charge in [-0.25, -0.2) is 0 Å². The summed E-state index contributed by atoms with van der Waals surface area (Å²) in [6.07, 6.45) is 3.94. The van der Waals surface area contributed by atoms with E-state index in [1.54, 1.807) is 0 Å². The van der Waals surface area contributed by atoms with Gasteiger partial charge in [0, 0.05) is 34.6 Å². The highest BCUT2D eigenvalue weighted by Crippen LogP contribution is 2.45. The Morgan fingerprint density at radius 3 is 1.14 bits per heavy atom. The summed E-state index contributed by atoms with van der Waals surface area (Å²) in [4.78, 5) is 9.71. The zero-order chi connectivity index (χ0) is 37.8. The fourth-order valence-corrected chi connectivity index (χ4v) is 8.20. The van der Waals surface area contributed by atoms with Crippen LogP contribution in [0.3, 0.4) is 0 Å². The molecule has 0 amide bonds. The van der Waals surface area contributed by atoms with E-state index in [4.69, 9.17) is 9.97 Å². The molecule has 2 heterocycles. The van der Waals surface area contributed by atoms with Crippen LogP contribution in [0.4, 0.5) is 0 Å². The Kier molecular flexibility index (Phi) is 8.08. The Hall–Kier alpha value is -6.90. The van der Waals surface area contributed by atoms with Crippen LogP contribution in [0.1, 0.15) is 26.3 Å². The monoisotopic (exact) mass is 716 g/mol. The highest BCUT2D eigenvalue weighted by molar-refractivity contribution is 6.28. The van der Waals surface area contributed by atoms with Gasteiger partial charge < -0.3 is 0 Å². The molecule has 0 unspecified atom stereocenters. The summed E-state index contributed by atoms with van der Waals surface area (Å²) in [5.41, 5.74) is 14.9. The van der Waals surface area contributed by atoms with Gasteiger partial charge >= 0.3 is 0 Å². The molecule has 0 spiro atoms. The van der Waals surface area contributed by atoms with Crippen molar-refractivity contribution in [1.29, 1.82) is 0 Å². The Balaban J connectivity index is 1.08. The number of pyridine rings is 2. The molecule has 0 radical (unpaired) electrons. The molecular formula is C54H40N2. The number of hydrogen-bond donors (Lipinski definition) is 0. The molecule has 56 heavy (non-hydrogen) atoms. The van der Waals surface area contributed by atoms with E-state index in [2.05, 4.69) is 185 Å². The standard InChI is InChI=1S/C54H40N2/c1-54(2,3)45-30-41-22-26-46-48(37-14-18-39(19-15-37)50-28-24-43(33-55-50)35-10-6-4-7-11-35)32-49(47-27-23-42(31-45)52(41)53(46)47)38-16-20-40(21-17-38)51-29-25-44(34-56-51)36-12-8-5-9-13-36/h4-34H,1-3H3. The SMILES string of the molecule is CC(C)(C)c1cc2ccc3c(-c4ccc(-c5ccc(-c6ccccc6)cn5)cc4)cc(-c4ccc(-c5ccc(-c6ccccc6)cn5)cc4)c4ccc(c1)c2c34. The van der Waals surface area contributed by atoms with Crippen LogP contribution in [0.5, 0.6) is 0 Å². The summed E-state index contributed by atoms with van der Waals surface area (Å²) in [5.74, 6) is 0. The molecule has 2 heteroatoms. The summed E-state index contributed by atoms with van der Waals surface area (Å²) in [7, 11) is 0. The highest BCUT2D eigenvalue weighted by Gasteiger charge is 2.20. The fourth-order valence-electron chi connectivity index (χ4n) is 8.20. The molecule has 0 fully saturated rings. The van der Waals surface area contributed by atoms with Gasteiger partial charge in [-0.1, -0.05) is 178 Å². The van der Waals surface area contributed by atoms with Gasteiger partial charge in [0.2, 0.25) is 0 Å². The van der Waals surface area contributed by atoms with Crippen LogP contribution in [0.2, 0.25) is 0 Å². The van der Waals surface area contributed by atoms with Crippen LogP contribution in [0.15, 0.2) is 188 Å². The van der Waals surface area contributed by atoms with Gasteiger partial charge in [-0.3, -0.25) is 9.97 Å². The normalized spacial score (nSPS) is 11.8. The first-order valence-corrected chi connectivity index (χ1v) is 19.4. The fraction of sp³-hybridized carbons (Fsp3) is 0.0741. The first-order valence-electron chi connectivity index (χ1n) is 19.4. The topological polar surface area (TPSA) is 25.8 Å². The lowest BCUT2D eigenvalue weighted by Crippen LogP contribution is -2.10. The summed E-state index contributed by atoms with van der Waals surface area (Å²) in [6, 6.07) is 63.7. The quantitative estimate of drug-likeness (QED) is 0.160. The van der Waals surface area contributed by atoms with Gasteiger partial charge in [-0.05, 0) is 94.9 Å². The largest absolute Gasteiger partial charge is 0.256 e. The minimum Gasteiger partial charge on any atom is -0.256 e. The van der Waals surface area contributed by atoms with Crippen molar-refractivity contribution in [2.45, 2.75) is 26.2 Å². The van der Waals surface area contributed by atoms with Crippen LogP contribution >= 0.6 is 0 Å². The molecule has 0 N–H and O–H groups in total. The molecule has 266 valence electrons. The molecule has 0 saturated carbocycles. The zero-order valence-electron chi connectivity index (χ0n) is 31.8. The molecule has 2 nitrogen and oxygen atoms in total. The van der Waals surface area contributed by atoms with Crippen molar-refractivity contribution < 1.29 is 0 Å². The lowest BCUT2D eigenvalue weighted by Gasteiger charge is -2.23. The van der Waals surface area contributed by atoms with Crippen LogP contribution in [0.25, 0.3) is 99.3 Å². The first-order chi connectivity index (χ1) is 27.4. The van der Waals surface area contributed by atoms with Crippen molar-refractivity contribution in [2.75, 3.05) is 0 Å². The molecule has 0 aliphatic heterocycles. The van der Waals surface area contributed by atoms with E-state index in [1.165, 1.54) is 71.3 Å². The van der Waals surface area contributed by atoms with Crippen LogP contribution in [-0.4, -0.2) is 9.97 Å². The second-order valence-electron chi connectivity index (χ2n) is 15.9. The average Bonchev–Trinajstić information content (AvgIpc) is 3.26. The smallest absolute Gasteiger partial charge is 0.0702 e. The maximum atomic E-state index is 4.85. The van der Waals surface area contributed by atoms with Crippen LogP contribution in [-0.2, 0) is 5.41 Å². The van der Waals surface area contributed by atoms with Crippen molar-refractivity contribution in [2.24, 2.45) is 0 Å². The lowest BCUT2D eigenvalue weighted by atomic mass is 9.81. The van der Waals surface area contributed by atoms with Crippen LogP contribution < -0.4 is 0 Å². The minimum absolute atomic E-state index is 0.0533. The average molecular weight is 717 g/mol. The maximum Gasteiger partial charge on any atom is 0.0702 e. The van der Waals surface area contributed by atoms with Crippen LogP contribution in [0, 0.1) is 0 Å². The first kappa shape index (κ1) is 33.7. The third-order valence-electron chi connectivity index (χ3n) is 11.3. The number of rotatable bonds is 6. The van der Waals surface area contributed by atoms with E-state index in [9.17, 15) is 0 Å². The molecule has 0 saturated heterocycles. The van der Waals surface area contributed by atoms with E-state index in [0.717, 1.165) is 33.6 Å². The van der Waals surface area contributed by atoms with Gasteiger partial charge in [0.05, 0.1) is 11.4 Å². The van der Waals surface area contributed by atoms with E-state index in [1.807, 2.05) is 24.5 Å². The van der Waals surface area contributed by atoms with Crippen molar-refractivity contribution in [3.05, 3.63) is 194 Å². The van der Waals surface area contributed by atoms with Crippen molar-refractivity contribution in [3.8, 4) is 67.0 Å². The zero-order valence-corrected chi connectivity index (χ0v) is 31.8. The Bertz CT molecular complexity index is 2780. The molecule has 8 aromatic carbocycles. The molecule has 0 aliphatic carbocycles. The molecular weight excluding hydrogens is 677 g/mol. The summed E-state index contributed by atoms with van der Waals surface area (Å²) in [5, 5.41) is 7.75. The second kappa shape index (κ2) is 13.4. The summed E-state index contributed by atoms with van der Waals surface area (Å²) < 4.78 is 0. The molecule has 0 atom stereocenters. The van der Waals surface area contributed by atoms with E-state index in [0.29, 0.717) is 0 Å². The predicted octanol–water partition coefficient (Wildman–Crippen LogP) is 14.7. The van der Waals surface area contributed by atoms with E-state index in [-0.39, 0.29) is 5.41 Å². The molecule has 2 aromatic heterocycles. The third kappa shape index (κ3) is 6.01. The summed E-state index contributed by atoms with van der Waals surface area (Å²) in [6.45, 7) is 6.89. The molecule has 0 aliphatic rings. The minimum atomic E-state index is 0.0533. The van der Waals surface area contributed by atoms with Crippen molar-refractivity contribution in [1.82, 2.24) is 9.97 Å². The van der Waals surface area contributed by atoms with Crippen molar-refractivity contribution >= 4 is 32.3 Å².